The van der Waals surface area contributed by atoms with E-state index in [0.717, 1.165) is 46.6 Å². The zero-order valence-electron chi connectivity index (χ0n) is 14.9. The molecule has 0 unspecified atom stereocenters. The SMILES string of the molecule is C=C1c2c(nc(OC)n2Cc2ccc(Cl)cc2)N(C)C(=C)N1CCC. The van der Waals surface area contributed by atoms with Crippen molar-refractivity contribution in [1.29, 1.82) is 0 Å². The molecule has 1 aromatic heterocycles. The Labute approximate surface area is 153 Å². The first-order valence-corrected chi connectivity index (χ1v) is 8.64. The maximum absolute atomic E-state index is 6.00. The molecule has 132 valence electrons. The molecule has 0 saturated carbocycles. The Hall–Kier alpha value is -2.40. The molecule has 2 heterocycles. The number of nitrogens with zero attached hydrogens (tertiary/aromatic N) is 4. The molecule has 1 aliphatic rings. The molecular weight excluding hydrogens is 336 g/mol. The third-order valence-corrected chi connectivity index (χ3v) is 4.67. The number of methoxy groups -OCH3 is 1. The van der Waals surface area contributed by atoms with E-state index >= 15 is 0 Å². The average Bonchev–Trinajstić information content (AvgIpc) is 2.97. The molecule has 6 heteroatoms. The number of hydrogen-bond acceptors (Lipinski definition) is 4. The Bertz CT molecular complexity index is 810. The lowest BCUT2D eigenvalue weighted by atomic mass is 10.2. The second-order valence-corrected chi connectivity index (χ2v) is 6.49. The van der Waals surface area contributed by atoms with Gasteiger partial charge in [0.1, 0.15) is 11.5 Å². The topological polar surface area (TPSA) is 33.5 Å². The van der Waals surface area contributed by atoms with Crippen molar-refractivity contribution < 1.29 is 4.74 Å². The number of anilines is 1. The Balaban J connectivity index is 2.08. The molecular formula is C19H23ClN4O. The highest BCUT2D eigenvalue weighted by Gasteiger charge is 2.33. The van der Waals surface area contributed by atoms with Crippen LogP contribution in [0.3, 0.4) is 0 Å². The number of rotatable bonds is 5. The van der Waals surface area contributed by atoms with Gasteiger partial charge >= 0.3 is 0 Å². The Morgan fingerprint density at radius 1 is 1.20 bits per heavy atom. The minimum Gasteiger partial charge on any atom is -0.468 e. The van der Waals surface area contributed by atoms with Crippen LogP contribution in [0.25, 0.3) is 5.70 Å². The van der Waals surface area contributed by atoms with Crippen molar-refractivity contribution in [3.05, 3.63) is 59.5 Å². The van der Waals surface area contributed by atoms with E-state index in [-0.39, 0.29) is 0 Å². The van der Waals surface area contributed by atoms with Gasteiger partial charge in [-0.15, -0.1) is 0 Å². The molecule has 0 spiro atoms. The van der Waals surface area contributed by atoms with E-state index in [1.54, 1.807) is 7.11 Å². The van der Waals surface area contributed by atoms with Gasteiger partial charge in [-0.25, -0.2) is 0 Å². The predicted molar refractivity (Wildman–Crippen MR) is 103 cm³/mol. The third kappa shape index (κ3) is 3.00. The number of hydrogen-bond donors (Lipinski definition) is 0. The van der Waals surface area contributed by atoms with Crippen LogP contribution < -0.4 is 9.64 Å². The largest absolute Gasteiger partial charge is 0.468 e. The highest BCUT2D eigenvalue weighted by molar-refractivity contribution is 6.30. The van der Waals surface area contributed by atoms with E-state index in [2.05, 4.69) is 30.0 Å². The molecule has 25 heavy (non-hydrogen) atoms. The molecule has 3 rings (SSSR count). The standard InChI is InChI=1S/C19H23ClN4O/c1-6-11-23-13(2)17-18(22(4)14(23)3)21-19(25-5)24(17)12-15-7-9-16(20)10-8-15/h7-10H,2-3,6,11-12H2,1,4-5H3. The molecule has 0 atom stereocenters. The summed E-state index contributed by atoms with van der Waals surface area (Å²) in [5, 5.41) is 0.720. The minimum atomic E-state index is 0.555. The summed E-state index contributed by atoms with van der Waals surface area (Å²) >= 11 is 6.00. The fraction of sp³-hybridized carbons (Fsp3) is 0.316. The third-order valence-electron chi connectivity index (χ3n) is 4.41. The van der Waals surface area contributed by atoms with Crippen molar-refractivity contribution in [2.24, 2.45) is 0 Å². The zero-order valence-corrected chi connectivity index (χ0v) is 15.7. The molecule has 1 aliphatic heterocycles. The summed E-state index contributed by atoms with van der Waals surface area (Å²) in [6, 6.07) is 8.34. The molecule has 0 saturated heterocycles. The Kier molecular flexibility index (Phi) is 4.77. The van der Waals surface area contributed by atoms with Gasteiger partial charge in [0.2, 0.25) is 0 Å². The summed E-state index contributed by atoms with van der Waals surface area (Å²) in [7, 11) is 3.60. The number of benzene rings is 1. The van der Waals surface area contributed by atoms with Crippen LogP contribution in [-0.2, 0) is 6.54 Å². The quantitative estimate of drug-likeness (QED) is 0.802. The van der Waals surface area contributed by atoms with Crippen LogP contribution in [0, 0.1) is 0 Å². The van der Waals surface area contributed by atoms with E-state index in [1.807, 2.05) is 40.8 Å². The normalized spacial score (nSPS) is 14.1. The van der Waals surface area contributed by atoms with Crippen molar-refractivity contribution >= 4 is 23.1 Å². The first-order valence-electron chi connectivity index (χ1n) is 8.26. The highest BCUT2D eigenvalue weighted by atomic mass is 35.5. The molecule has 0 bridgehead atoms. The van der Waals surface area contributed by atoms with Crippen LogP contribution in [-0.4, -0.2) is 35.2 Å². The number of ether oxygens (including phenoxy) is 1. The number of fused-ring (bicyclic) bond motifs is 1. The molecule has 0 fully saturated rings. The predicted octanol–water partition coefficient (Wildman–Crippen LogP) is 4.20. The molecule has 0 amide bonds. The molecule has 5 nitrogen and oxygen atoms in total. The van der Waals surface area contributed by atoms with Crippen LogP contribution in [0.1, 0.15) is 24.6 Å². The van der Waals surface area contributed by atoms with Crippen molar-refractivity contribution in [2.45, 2.75) is 19.9 Å². The van der Waals surface area contributed by atoms with E-state index < -0.39 is 0 Å². The van der Waals surface area contributed by atoms with Gasteiger partial charge in [0, 0.05) is 18.6 Å². The lowest BCUT2D eigenvalue weighted by molar-refractivity contribution is 0.360. The summed E-state index contributed by atoms with van der Waals surface area (Å²) in [6.07, 6.45) is 1.00. The van der Waals surface area contributed by atoms with Crippen LogP contribution in [0.5, 0.6) is 6.01 Å². The monoisotopic (exact) mass is 358 g/mol. The van der Waals surface area contributed by atoms with Crippen LogP contribution in [0.4, 0.5) is 5.82 Å². The fourth-order valence-corrected chi connectivity index (χ4v) is 3.21. The van der Waals surface area contributed by atoms with E-state index in [4.69, 9.17) is 16.3 Å². The Morgan fingerprint density at radius 2 is 1.88 bits per heavy atom. The summed E-state index contributed by atoms with van der Waals surface area (Å²) in [5.41, 5.74) is 2.96. The second kappa shape index (κ2) is 6.84. The fourth-order valence-electron chi connectivity index (χ4n) is 3.09. The number of imidazole rings is 1. The average molecular weight is 359 g/mol. The van der Waals surface area contributed by atoms with Gasteiger partial charge in [-0.05, 0) is 24.1 Å². The van der Waals surface area contributed by atoms with Gasteiger partial charge < -0.3 is 14.5 Å². The van der Waals surface area contributed by atoms with Gasteiger partial charge in [0.05, 0.1) is 19.4 Å². The highest BCUT2D eigenvalue weighted by Crippen LogP contribution is 2.40. The van der Waals surface area contributed by atoms with Gasteiger partial charge in [-0.2, -0.15) is 4.98 Å². The number of halogens is 1. The van der Waals surface area contributed by atoms with Crippen LogP contribution in [0.15, 0.2) is 43.2 Å². The van der Waals surface area contributed by atoms with E-state index in [1.165, 1.54) is 0 Å². The van der Waals surface area contributed by atoms with E-state index in [9.17, 15) is 0 Å². The van der Waals surface area contributed by atoms with Gasteiger partial charge in [-0.3, -0.25) is 4.57 Å². The molecule has 0 radical (unpaired) electrons. The summed E-state index contributed by atoms with van der Waals surface area (Å²) in [5.74, 6) is 1.69. The van der Waals surface area contributed by atoms with E-state index in [0.29, 0.717) is 12.6 Å². The van der Waals surface area contributed by atoms with Crippen LogP contribution in [0.2, 0.25) is 5.02 Å². The molecule has 0 N–H and O–H groups in total. The van der Waals surface area contributed by atoms with Crippen molar-refractivity contribution in [3.8, 4) is 6.01 Å². The lowest BCUT2D eigenvalue weighted by Crippen LogP contribution is -2.37. The van der Waals surface area contributed by atoms with Gasteiger partial charge in [0.15, 0.2) is 5.82 Å². The van der Waals surface area contributed by atoms with Crippen molar-refractivity contribution in [2.75, 3.05) is 25.6 Å². The maximum atomic E-state index is 6.00. The maximum Gasteiger partial charge on any atom is 0.298 e. The first kappa shape index (κ1) is 17.4. The second-order valence-electron chi connectivity index (χ2n) is 6.06. The summed E-state index contributed by atoms with van der Waals surface area (Å²) in [6.45, 7) is 12.1. The van der Waals surface area contributed by atoms with Crippen LogP contribution >= 0.6 is 11.6 Å². The smallest absolute Gasteiger partial charge is 0.298 e. The first-order chi connectivity index (χ1) is 12.0. The number of aromatic nitrogens is 2. The van der Waals surface area contributed by atoms with Crippen molar-refractivity contribution in [3.63, 3.8) is 0 Å². The summed E-state index contributed by atoms with van der Waals surface area (Å²) < 4.78 is 7.58. The molecule has 1 aromatic carbocycles. The summed E-state index contributed by atoms with van der Waals surface area (Å²) in [4.78, 5) is 8.77. The van der Waals surface area contributed by atoms with Gasteiger partial charge in [0.25, 0.3) is 6.01 Å². The minimum absolute atomic E-state index is 0.555. The molecule has 0 aliphatic carbocycles. The van der Waals surface area contributed by atoms with Crippen molar-refractivity contribution in [1.82, 2.24) is 14.5 Å². The lowest BCUT2D eigenvalue weighted by Gasteiger charge is -2.38. The Morgan fingerprint density at radius 3 is 2.48 bits per heavy atom. The zero-order chi connectivity index (χ0) is 18.1. The van der Waals surface area contributed by atoms with Gasteiger partial charge in [-0.1, -0.05) is 43.8 Å². The molecule has 2 aromatic rings.